The van der Waals surface area contributed by atoms with Crippen LogP contribution in [0.2, 0.25) is 0 Å². The molecule has 0 saturated heterocycles. The fraction of sp³-hybridized carbons (Fsp3) is 0.125. The predicted octanol–water partition coefficient (Wildman–Crippen LogP) is 5.11. The Hall–Kier alpha value is -1.26. The molecule has 20 heavy (non-hydrogen) atoms. The van der Waals surface area contributed by atoms with Gasteiger partial charge in [0.25, 0.3) is 0 Å². The number of halogens is 2. The number of anilines is 1. The van der Waals surface area contributed by atoms with Gasteiger partial charge in [-0.3, -0.25) is 0 Å². The van der Waals surface area contributed by atoms with E-state index in [2.05, 4.69) is 73.7 Å². The van der Waals surface area contributed by atoms with Crippen LogP contribution in [0.15, 0.2) is 51.4 Å². The topological polar surface area (TPSA) is 30.9 Å². The molecule has 2 nitrogen and oxygen atoms in total. The average molecular weight is 394 g/mol. The van der Waals surface area contributed by atoms with Gasteiger partial charge in [0.2, 0.25) is 0 Å². The molecule has 102 valence electrons. The third kappa shape index (κ3) is 2.27. The molecule has 1 aromatic heterocycles. The maximum absolute atomic E-state index is 5.80. The summed E-state index contributed by atoms with van der Waals surface area (Å²) in [6, 6.07) is 14.4. The molecule has 0 spiro atoms. The van der Waals surface area contributed by atoms with Crippen LogP contribution in [-0.2, 0) is 6.54 Å². The molecule has 3 aromatic rings. The van der Waals surface area contributed by atoms with Crippen molar-refractivity contribution in [3.63, 3.8) is 0 Å². The summed E-state index contributed by atoms with van der Waals surface area (Å²) < 4.78 is 4.53. The Balaban J connectivity index is 2.13. The summed E-state index contributed by atoms with van der Waals surface area (Å²) in [4.78, 5) is 0. The van der Waals surface area contributed by atoms with Gasteiger partial charge in [-0.2, -0.15) is 0 Å². The second kappa shape index (κ2) is 5.26. The monoisotopic (exact) mass is 392 g/mol. The van der Waals surface area contributed by atoms with E-state index in [1.807, 2.05) is 12.1 Å². The molecule has 0 radical (unpaired) electrons. The van der Waals surface area contributed by atoms with Crippen LogP contribution < -0.4 is 5.73 Å². The standard InChI is InChI=1S/C16H14Br2N2/c1-10-16(18)13-4-2-3-5-15(13)20(10)9-11-6-7-12(19)8-14(11)17/h2-8H,9,19H2,1H3. The van der Waals surface area contributed by atoms with Crippen molar-refractivity contribution < 1.29 is 0 Å². The molecular formula is C16H14Br2N2. The molecule has 0 saturated carbocycles. The molecule has 0 aliphatic heterocycles. The molecule has 2 aromatic carbocycles. The number of hydrogen-bond acceptors (Lipinski definition) is 1. The maximum Gasteiger partial charge on any atom is 0.0497 e. The number of benzene rings is 2. The lowest BCUT2D eigenvalue weighted by Crippen LogP contribution is -2.02. The number of nitrogens with two attached hydrogens (primary N) is 1. The molecule has 1 heterocycles. The van der Waals surface area contributed by atoms with Crippen molar-refractivity contribution in [2.75, 3.05) is 5.73 Å². The maximum atomic E-state index is 5.80. The Labute approximate surface area is 134 Å². The summed E-state index contributed by atoms with van der Waals surface area (Å²) >= 11 is 7.29. The molecule has 0 bridgehead atoms. The second-order valence-corrected chi connectivity index (χ2v) is 6.50. The van der Waals surface area contributed by atoms with Crippen molar-refractivity contribution in [1.29, 1.82) is 0 Å². The van der Waals surface area contributed by atoms with Crippen molar-refractivity contribution in [3.05, 3.63) is 62.7 Å². The fourth-order valence-electron chi connectivity index (χ4n) is 2.45. The number of para-hydroxylation sites is 1. The first-order valence-corrected chi connectivity index (χ1v) is 7.94. The lowest BCUT2D eigenvalue weighted by molar-refractivity contribution is 0.799. The summed E-state index contributed by atoms with van der Waals surface area (Å²) in [5.74, 6) is 0. The van der Waals surface area contributed by atoms with Crippen molar-refractivity contribution in [2.45, 2.75) is 13.5 Å². The van der Waals surface area contributed by atoms with Gasteiger partial charge in [-0.05, 0) is 46.6 Å². The molecule has 0 amide bonds. The van der Waals surface area contributed by atoms with E-state index >= 15 is 0 Å². The summed E-state index contributed by atoms with van der Waals surface area (Å²) in [5, 5.41) is 1.25. The molecular weight excluding hydrogens is 380 g/mol. The minimum atomic E-state index is 0.774. The van der Waals surface area contributed by atoms with Gasteiger partial charge in [0.1, 0.15) is 0 Å². The number of rotatable bonds is 2. The normalized spacial score (nSPS) is 11.2. The van der Waals surface area contributed by atoms with E-state index in [-0.39, 0.29) is 0 Å². The molecule has 0 fully saturated rings. The van der Waals surface area contributed by atoms with Gasteiger partial charge in [-0.15, -0.1) is 0 Å². The highest BCUT2D eigenvalue weighted by molar-refractivity contribution is 9.11. The highest BCUT2D eigenvalue weighted by Crippen LogP contribution is 2.32. The first-order chi connectivity index (χ1) is 9.58. The average Bonchev–Trinajstić information content (AvgIpc) is 2.67. The molecule has 4 heteroatoms. The minimum absolute atomic E-state index is 0.774. The fourth-order valence-corrected chi connectivity index (χ4v) is 3.53. The molecule has 0 aliphatic carbocycles. The smallest absolute Gasteiger partial charge is 0.0497 e. The molecule has 3 rings (SSSR count). The summed E-state index contributed by atoms with van der Waals surface area (Å²) in [7, 11) is 0. The Kier molecular flexibility index (Phi) is 3.61. The Morgan fingerprint density at radius 1 is 1.10 bits per heavy atom. The lowest BCUT2D eigenvalue weighted by Gasteiger charge is -2.11. The molecule has 0 aliphatic rings. The van der Waals surface area contributed by atoms with E-state index < -0.39 is 0 Å². The van der Waals surface area contributed by atoms with Crippen molar-refractivity contribution in [1.82, 2.24) is 4.57 Å². The highest BCUT2D eigenvalue weighted by Gasteiger charge is 2.12. The van der Waals surface area contributed by atoms with E-state index in [1.165, 1.54) is 26.6 Å². The van der Waals surface area contributed by atoms with Crippen molar-refractivity contribution in [2.24, 2.45) is 0 Å². The highest BCUT2D eigenvalue weighted by atomic mass is 79.9. The van der Waals surface area contributed by atoms with E-state index in [1.54, 1.807) is 0 Å². The first-order valence-electron chi connectivity index (χ1n) is 6.35. The number of nitrogens with zero attached hydrogens (tertiary/aromatic N) is 1. The van der Waals surface area contributed by atoms with Gasteiger partial charge in [-0.25, -0.2) is 0 Å². The van der Waals surface area contributed by atoms with Crippen LogP contribution in [0.3, 0.4) is 0 Å². The zero-order valence-electron chi connectivity index (χ0n) is 11.0. The number of hydrogen-bond donors (Lipinski definition) is 1. The van der Waals surface area contributed by atoms with Gasteiger partial charge >= 0.3 is 0 Å². The van der Waals surface area contributed by atoms with E-state index in [0.717, 1.165) is 16.7 Å². The number of nitrogen functional groups attached to an aromatic ring is 1. The third-order valence-corrected chi connectivity index (χ3v) is 5.30. The summed E-state index contributed by atoms with van der Waals surface area (Å²) in [6.07, 6.45) is 0. The van der Waals surface area contributed by atoms with Crippen molar-refractivity contribution >= 4 is 48.5 Å². The second-order valence-electron chi connectivity index (χ2n) is 4.85. The van der Waals surface area contributed by atoms with Crippen LogP contribution in [0.25, 0.3) is 10.9 Å². The number of aromatic nitrogens is 1. The zero-order chi connectivity index (χ0) is 14.3. The lowest BCUT2D eigenvalue weighted by atomic mass is 10.2. The predicted molar refractivity (Wildman–Crippen MR) is 92.0 cm³/mol. The summed E-state index contributed by atoms with van der Waals surface area (Å²) in [6.45, 7) is 2.95. The van der Waals surface area contributed by atoms with Crippen LogP contribution in [0, 0.1) is 6.92 Å². The molecule has 2 N–H and O–H groups in total. The van der Waals surface area contributed by atoms with Gasteiger partial charge in [0, 0.05) is 37.8 Å². The SMILES string of the molecule is Cc1c(Br)c2ccccc2n1Cc1ccc(N)cc1Br. The Bertz CT molecular complexity index is 791. The van der Waals surface area contributed by atoms with Gasteiger partial charge < -0.3 is 10.3 Å². The van der Waals surface area contributed by atoms with Crippen molar-refractivity contribution in [3.8, 4) is 0 Å². The van der Waals surface area contributed by atoms with Crippen LogP contribution in [0.4, 0.5) is 5.69 Å². The molecule has 0 unspecified atom stereocenters. The zero-order valence-corrected chi connectivity index (χ0v) is 14.2. The van der Waals surface area contributed by atoms with Gasteiger partial charge in [0.05, 0.1) is 0 Å². The van der Waals surface area contributed by atoms with Crippen LogP contribution in [-0.4, -0.2) is 4.57 Å². The summed E-state index contributed by atoms with van der Waals surface area (Å²) in [5.41, 5.74) is 10.3. The first kappa shape index (κ1) is 13.7. The van der Waals surface area contributed by atoms with Crippen LogP contribution in [0.1, 0.15) is 11.3 Å². The number of fused-ring (bicyclic) bond motifs is 1. The quantitative estimate of drug-likeness (QED) is 0.603. The van der Waals surface area contributed by atoms with E-state index in [9.17, 15) is 0 Å². The van der Waals surface area contributed by atoms with Crippen LogP contribution in [0.5, 0.6) is 0 Å². The molecule has 0 atom stereocenters. The minimum Gasteiger partial charge on any atom is -0.399 e. The third-order valence-electron chi connectivity index (χ3n) is 3.56. The van der Waals surface area contributed by atoms with Crippen LogP contribution >= 0.6 is 31.9 Å². The largest absolute Gasteiger partial charge is 0.399 e. The van der Waals surface area contributed by atoms with Gasteiger partial charge in [-0.1, -0.05) is 40.2 Å². The van der Waals surface area contributed by atoms with Gasteiger partial charge in [0.15, 0.2) is 0 Å². The Morgan fingerprint density at radius 2 is 1.85 bits per heavy atom. The van der Waals surface area contributed by atoms with E-state index in [0.29, 0.717) is 0 Å². The Morgan fingerprint density at radius 3 is 2.60 bits per heavy atom. The van der Waals surface area contributed by atoms with E-state index in [4.69, 9.17) is 5.73 Å².